The van der Waals surface area contributed by atoms with Gasteiger partial charge in [-0.25, -0.2) is 13.4 Å². The van der Waals surface area contributed by atoms with Gasteiger partial charge in [-0.15, -0.1) is 0 Å². The molecule has 136 valence electrons. The molecule has 26 heavy (non-hydrogen) atoms. The third-order valence-electron chi connectivity index (χ3n) is 3.99. The third kappa shape index (κ3) is 4.49. The SMILES string of the molecule is CN(CCCOc1ccc(S(C)(=O)=O)cc1)c1cnc2ccccc2n1. The van der Waals surface area contributed by atoms with E-state index in [4.69, 9.17) is 4.74 Å². The number of anilines is 1. The Kier molecular flexibility index (Phi) is 5.37. The molecule has 0 fully saturated rings. The number of benzene rings is 2. The molecule has 0 N–H and O–H groups in total. The van der Waals surface area contributed by atoms with E-state index in [1.54, 1.807) is 30.5 Å². The van der Waals surface area contributed by atoms with E-state index in [1.165, 1.54) is 6.26 Å². The molecule has 0 saturated heterocycles. The summed E-state index contributed by atoms with van der Waals surface area (Å²) in [6.07, 6.45) is 3.76. The maximum Gasteiger partial charge on any atom is 0.175 e. The van der Waals surface area contributed by atoms with Gasteiger partial charge in [0.2, 0.25) is 0 Å². The molecular formula is C19H21N3O3S. The number of fused-ring (bicyclic) bond motifs is 1. The van der Waals surface area contributed by atoms with Crippen LogP contribution in [0.15, 0.2) is 59.6 Å². The van der Waals surface area contributed by atoms with Crippen LogP contribution in [-0.2, 0) is 9.84 Å². The van der Waals surface area contributed by atoms with Gasteiger partial charge in [0.1, 0.15) is 11.6 Å². The van der Waals surface area contributed by atoms with Crippen LogP contribution in [0.4, 0.5) is 5.82 Å². The predicted molar refractivity (Wildman–Crippen MR) is 102 cm³/mol. The minimum atomic E-state index is -3.18. The van der Waals surface area contributed by atoms with Gasteiger partial charge in [0.25, 0.3) is 0 Å². The van der Waals surface area contributed by atoms with E-state index in [-0.39, 0.29) is 0 Å². The van der Waals surface area contributed by atoms with Gasteiger partial charge < -0.3 is 9.64 Å². The molecule has 0 aliphatic heterocycles. The first-order valence-corrected chi connectivity index (χ1v) is 10.2. The van der Waals surface area contributed by atoms with Crippen molar-refractivity contribution >= 4 is 26.7 Å². The van der Waals surface area contributed by atoms with Crippen molar-refractivity contribution in [2.75, 3.05) is 31.4 Å². The number of rotatable bonds is 7. The second-order valence-electron chi connectivity index (χ2n) is 6.08. The van der Waals surface area contributed by atoms with Crippen molar-refractivity contribution in [2.45, 2.75) is 11.3 Å². The van der Waals surface area contributed by atoms with E-state index in [0.29, 0.717) is 17.3 Å². The lowest BCUT2D eigenvalue weighted by atomic mass is 10.3. The summed E-state index contributed by atoms with van der Waals surface area (Å²) in [7, 11) is -1.21. The largest absolute Gasteiger partial charge is 0.494 e. The zero-order valence-corrected chi connectivity index (χ0v) is 15.6. The molecule has 0 amide bonds. The Labute approximate surface area is 153 Å². The summed E-state index contributed by atoms with van der Waals surface area (Å²) >= 11 is 0. The topological polar surface area (TPSA) is 72.4 Å². The van der Waals surface area contributed by atoms with Crippen molar-refractivity contribution in [2.24, 2.45) is 0 Å². The average Bonchev–Trinajstić information content (AvgIpc) is 2.64. The first-order valence-electron chi connectivity index (χ1n) is 8.29. The Morgan fingerprint density at radius 2 is 1.73 bits per heavy atom. The zero-order valence-electron chi connectivity index (χ0n) is 14.8. The summed E-state index contributed by atoms with van der Waals surface area (Å²) in [6.45, 7) is 1.30. The Balaban J connectivity index is 1.51. The molecule has 0 unspecified atom stereocenters. The highest BCUT2D eigenvalue weighted by Gasteiger charge is 2.07. The van der Waals surface area contributed by atoms with Crippen molar-refractivity contribution in [3.05, 3.63) is 54.7 Å². The monoisotopic (exact) mass is 371 g/mol. The first kappa shape index (κ1) is 18.1. The Morgan fingerprint density at radius 3 is 2.42 bits per heavy atom. The van der Waals surface area contributed by atoms with Crippen LogP contribution < -0.4 is 9.64 Å². The number of hydrogen-bond acceptors (Lipinski definition) is 6. The fraction of sp³-hybridized carbons (Fsp3) is 0.263. The van der Waals surface area contributed by atoms with E-state index < -0.39 is 9.84 Å². The lowest BCUT2D eigenvalue weighted by Gasteiger charge is -2.18. The van der Waals surface area contributed by atoms with Crippen LogP contribution in [0.25, 0.3) is 11.0 Å². The lowest BCUT2D eigenvalue weighted by molar-refractivity contribution is 0.312. The fourth-order valence-electron chi connectivity index (χ4n) is 2.52. The molecule has 0 radical (unpaired) electrons. The molecule has 3 aromatic rings. The van der Waals surface area contributed by atoms with Gasteiger partial charge in [-0.05, 0) is 42.8 Å². The predicted octanol–water partition coefficient (Wildman–Crippen LogP) is 2.94. The summed E-state index contributed by atoms with van der Waals surface area (Å²) in [5.41, 5.74) is 1.75. The van der Waals surface area contributed by atoms with Crippen LogP contribution in [0.2, 0.25) is 0 Å². The van der Waals surface area contributed by atoms with Crippen LogP contribution in [-0.4, -0.2) is 44.8 Å². The summed E-state index contributed by atoms with van der Waals surface area (Å²) in [5.74, 6) is 1.48. The van der Waals surface area contributed by atoms with Gasteiger partial charge in [-0.2, -0.15) is 0 Å². The highest BCUT2D eigenvalue weighted by Crippen LogP contribution is 2.17. The second kappa shape index (κ2) is 7.70. The Morgan fingerprint density at radius 1 is 1.04 bits per heavy atom. The van der Waals surface area contributed by atoms with Crippen LogP contribution in [0.1, 0.15) is 6.42 Å². The molecule has 3 rings (SSSR count). The zero-order chi connectivity index (χ0) is 18.6. The number of ether oxygens (including phenoxy) is 1. The minimum absolute atomic E-state index is 0.291. The van der Waals surface area contributed by atoms with Crippen molar-refractivity contribution < 1.29 is 13.2 Å². The van der Waals surface area contributed by atoms with Crippen LogP contribution >= 0.6 is 0 Å². The van der Waals surface area contributed by atoms with E-state index in [0.717, 1.165) is 29.8 Å². The Bertz CT molecular complexity index is 988. The fourth-order valence-corrected chi connectivity index (χ4v) is 3.15. The molecule has 6 nitrogen and oxygen atoms in total. The molecular weight excluding hydrogens is 350 g/mol. The van der Waals surface area contributed by atoms with Gasteiger partial charge >= 0.3 is 0 Å². The molecule has 0 spiro atoms. The third-order valence-corrected chi connectivity index (χ3v) is 5.11. The van der Waals surface area contributed by atoms with Crippen molar-refractivity contribution in [1.82, 2.24) is 9.97 Å². The van der Waals surface area contributed by atoms with Crippen LogP contribution in [0.3, 0.4) is 0 Å². The standard InChI is InChI=1S/C19H21N3O3S/c1-22(19-14-20-17-6-3-4-7-18(17)21-19)12-5-13-25-15-8-10-16(11-9-15)26(2,23)24/h3-4,6-11,14H,5,12-13H2,1-2H3. The summed E-state index contributed by atoms with van der Waals surface area (Å²) in [4.78, 5) is 11.4. The van der Waals surface area contributed by atoms with E-state index in [9.17, 15) is 8.42 Å². The van der Waals surface area contributed by atoms with Gasteiger partial charge in [0.15, 0.2) is 9.84 Å². The smallest absolute Gasteiger partial charge is 0.175 e. The molecule has 1 aromatic heterocycles. The maximum atomic E-state index is 11.4. The van der Waals surface area contributed by atoms with Gasteiger partial charge in [0, 0.05) is 19.8 Å². The van der Waals surface area contributed by atoms with Gasteiger partial charge in [0.05, 0.1) is 28.7 Å². The van der Waals surface area contributed by atoms with Crippen LogP contribution in [0.5, 0.6) is 5.75 Å². The number of hydrogen-bond donors (Lipinski definition) is 0. The number of aromatic nitrogens is 2. The van der Waals surface area contributed by atoms with E-state index in [1.807, 2.05) is 36.2 Å². The van der Waals surface area contributed by atoms with Gasteiger partial charge in [-0.3, -0.25) is 4.98 Å². The average molecular weight is 371 g/mol. The summed E-state index contributed by atoms with van der Waals surface area (Å²) in [5, 5.41) is 0. The molecule has 0 aliphatic rings. The van der Waals surface area contributed by atoms with Crippen molar-refractivity contribution in [3.8, 4) is 5.75 Å². The highest BCUT2D eigenvalue weighted by molar-refractivity contribution is 7.90. The summed E-state index contributed by atoms with van der Waals surface area (Å²) in [6, 6.07) is 14.2. The van der Waals surface area contributed by atoms with E-state index >= 15 is 0 Å². The molecule has 7 heteroatoms. The van der Waals surface area contributed by atoms with E-state index in [2.05, 4.69) is 9.97 Å². The van der Waals surface area contributed by atoms with Crippen molar-refractivity contribution in [3.63, 3.8) is 0 Å². The number of sulfone groups is 1. The number of para-hydroxylation sites is 2. The lowest BCUT2D eigenvalue weighted by Crippen LogP contribution is -2.21. The molecule has 1 heterocycles. The quantitative estimate of drug-likeness (QED) is 0.595. The summed E-state index contributed by atoms with van der Waals surface area (Å²) < 4.78 is 28.5. The first-order chi connectivity index (χ1) is 12.4. The maximum absolute atomic E-state index is 11.4. The number of nitrogens with zero attached hydrogens (tertiary/aromatic N) is 3. The minimum Gasteiger partial charge on any atom is -0.494 e. The molecule has 0 aliphatic carbocycles. The molecule has 2 aromatic carbocycles. The van der Waals surface area contributed by atoms with Gasteiger partial charge in [-0.1, -0.05) is 12.1 Å². The molecule has 0 saturated carbocycles. The Hall–Kier alpha value is -2.67. The second-order valence-corrected chi connectivity index (χ2v) is 8.10. The van der Waals surface area contributed by atoms with Crippen molar-refractivity contribution in [1.29, 1.82) is 0 Å². The highest BCUT2D eigenvalue weighted by atomic mass is 32.2. The van der Waals surface area contributed by atoms with Crippen LogP contribution in [0, 0.1) is 0 Å². The molecule has 0 atom stereocenters. The molecule has 0 bridgehead atoms. The normalized spacial score (nSPS) is 11.5.